The number of quaternary nitrogens is 1. The van der Waals surface area contributed by atoms with E-state index in [0.29, 0.717) is 17.1 Å². The third kappa shape index (κ3) is 4.36. The lowest BCUT2D eigenvalue weighted by Gasteiger charge is -2.27. The summed E-state index contributed by atoms with van der Waals surface area (Å²) >= 11 is 7.64. The highest BCUT2D eigenvalue weighted by molar-refractivity contribution is 7.22. The van der Waals surface area contributed by atoms with Crippen molar-refractivity contribution in [3.8, 4) is 0 Å². The van der Waals surface area contributed by atoms with E-state index in [2.05, 4.69) is 0 Å². The van der Waals surface area contributed by atoms with Gasteiger partial charge in [0.25, 0.3) is 5.91 Å². The van der Waals surface area contributed by atoms with Crippen molar-refractivity contribution in [3.05, 3.63) is 58.6 Å². The first-order chi connectivity index (χ1) is 13.6. The van der Waals surface area contributed by atoms with Crippen LogP contribution in [0.5, 0.6) is 0 Å². The Morgan fingerprint density at radius 2 is 2.07 bits per heavy atom. The van der Waals surface area contributed by atoms with Crippen molar-refractivity contribution in [1.82, 2.24) is 4.98 Å². The van der Waals surface area contributed by atoms with E-state index in [1.54, 1.807) is 0 Å². The van der Waals surface area contributed by atoms with E-state index in [4.69, 9.17) is 21.3 Å². The number of morpholine rings is 1. The molecule has 1 aliphatic rings. The van der Waals surface area contributed by atoms with E-state index in [0.717, 1.165) is 53.8 Å². The van der Waals surface area contributed by atoms with E-state index in [-0.39, 0.29) is 5.91 Å². The van der Waals surface area contributed by atoms with Gasteiger partial charge in [-0.25, -0.2) is 4.98 Å². The normalized spacial score (nSPS) is 15.1. The van der Waals surface area contributed by atoms with Gasteiger partial charge in [-0.2, -0.15) is 0 Å². The van der Waals surface area contributed by atoms with Crippen LogP contribution in [0.2, 0.25) is 5.02 Å². The third-order valence-corrected chi connectivity index (χ3v) is 6.25. The fourth-order valence-electron chi connectivity index (χ4n) is 3.40. The van der Waals surface area contributed by atoms with Gasteiger partial charge in [0, 0.05) is 10.6 Å². The highest BCUT2D eigenvalue weighted by atomic mass is 35.5. The van der Waals surface area contributed by atoms with E-state index in [9.17, 15) is 4.79 Å². The molecule has 0 radical (unpaired) electrons. The molecule has 1 aliphatic heterocycles. The van der Waals surface area contributed by atoms with Gasteiger partial charge in [0.2, 0.25) is 0 Å². The smallest absolute Gasteiger partial charge is 0.260 e. The zero-order valence-electron chi connectivity index (χ0n) is 15.8. The molecule has 146 valence electrons. The van der Waals surface area contributed by atoms with Crippen LogP contribution < -0.4 is 9.80 Å². The van der Waals surface area contributed by atoms with Gasteiger partial charge in [-0.3, -0.25) is 9.69 Å². The third-order valence-electron chi connectivity index (χ3n) is 4.97. The number of amides is 1. The highest BCUT2D eigenvalue weighted by Gasteiger charge is 2.24. The molecule has 28 heavy (non-hydrogen) atoms. The second-order valence-electron chi connectivity index (χ2n) is 7.05. The molecule has 0 spiro atoms. The number of halogens is 1. The summed E-state index contributed by atoms with van der Waals surface area (Å²) in [6, 6.07) is 13.4. The summed E-state index contributed by atoms with van der Waals surface area (Å²) in [5.41, 5.74) is 2.63. The van der Waals surface area contributed by atoms with Crippen molar-refractivity contribution in [2.75, 3.05) is 44.3 Å². The van der Waals surface area contributed by atoms with Crippen molar-refractivity contribution < 1.29 is 14.4 Å². The minimum Gasteiger partial charge on any atom is -0.370 e. The molecule has 2 aromatic carbocycles. The first-order valence-corrected chi connectivity index (χ1v) is 10.7. The van der Waals surface area contributed by atoms with Crippen molar-refractivity contribution in [2.45, 2.75) is 6.92 Å². The predicted molar refractivity (Wildman–Crippen MR) is 114 cm³/mol. The Morgan fingerprint density at radius 1 is 1.25 bits per heavy atom. The molecule has 1 amide bonds. The molecule has 2 heterocycles. The number of aryl methyl sites for hydroxylation is 1. The summed E-state index contributed by atoms with van der Waals surface area (Å²) in [6.07, 6.45) is 0. The largest absolute Gasteiger partial charge is 0.370 e. The molecule has 1 aromatic heterocycles. The Labute approximate surface area is 173 Å². The Kier molecular flexibility index (Phi) is 5.92. The van der Waals surface area contributed by atoms with Gasteiger partial charge < -0.3 is 9.64 Å². The van der Waals surface area contributed by atoms with Gasteiger partial charge in [0.1, 0.15) is 13.1 Å². The van der Waals surface area contributed by atoms with Gasteiger partial charge in [0.05, 0.1) is 36.5 Å². The fraction of sp³-hybridized carbons (Fsp3) is 0.333. The lowest BCUT2D eigenvalue weighted by Crippen LogP contribution is -3.14. The van der Waals surface area contributed by atoms with Crippen LogP contribution in [-0.2, 0) is 4.74 Å². The molecule has 1 fully saturated rings. The van der Waals surface area contributed by atoms with Crippen LogP contribution >= 0.6 is 22.9 Å². The molecule has 3 aromatic rings. The van der Waals surface area contributed by atoms with Gasteiger partial charge in [0.15, 0.2) is 5.13 Å². The molecule has 0 atom stereocenters. The number of fused-ring (bicyclic) bond motifs is 1. The number of hydrogen-bond donors (Lipinski definition) is 1. The van der Waals surface area contributed by atoms with Crippen molar-refractivity contribution in [3.63, 3.8) is 0 Å². The number of benzene rings is 2. The highest BCUT2D eigenvalue weighted by Crippen LogP contribution is 2.31. The number of ether oxygens (including phenoxy) is 1. The molecule has 0 unspecified atom stereocenters. The van der Waals surface area contributed by atoms with E-state index >= 15 is 0 Å². The molecular formula is C21H23ClN3O2S+. The zero-order valence-corrected chi connectivity index (χ0v) is 17.4. The van der Waals surface area contributed by atoms with Crippen LogP contribution in [0.1, 0.15) is 15.9 Å². The van der Waals surface area contributed by atoms with Crippen molar-refractivity contribution in [2.24, 2.45) is 0 Å². The van der Waals surface area contributed by atoms with E-state index in [1.807, 2.05) is 54.3 Å². The summed E-state index contributed by atoms with van der Waals surface area (Å²) < 4.78 is 6.44. The Balaban J connectivity index is 1.63. The number of anilines is 1. The zero-order chi connectivity index (χ0) is 19.5. The maximum absolute atomic E-state index is 13.3. The van der Waals surface area contributed by atoms with Crippen molar-refractivity contribution >= 4 is 44.2 Å². The maximum atomic E-state index is 13.3. The number of carbonyl (C=O) groups excluding carboxylic acids is 1. The molecule has 0 saturated carbocycles. The quantitative estimate of drug-likeness (QED) is 0.695. The Bertz CT molecular complexity index is 985. The predicted octanol–water partition coefficient (Wildman–Crippen LogP) is 2.82. The maximum Gasteiger partial charge on any atom is 0.260 e. The average molecular weight is 417 g/mol. The number of nitrogens with zero attached hydrogens (tertiary/aromatic N) is 2. The van der Waals surface area contributed by atoms with E-state index < -0.39 is 0 Å². The van der Waals surface area contributed by atoms with Gasteiger partial charge >= 0.3 is 0 Å². The standard InChI is InChI=1S/C21H22ClN3O2S/c1-15-3-2-4-16(13-15)20(26)25(8-7-24-9-11-27-12-10-24)21-23-18-6-5-17(22)14-19(18)28-21/h2-6,13-14H,7-12H2,1H3/p+1. The molecule has 1 N–H and O–H groups in total. The number of carbonyl (C=O) groups is 1. The van der Waals surface area contributed by atoms with Gasteiger partial charge in [-0.1, -0.05) is 40.6 Å². The summed E-state index contributed by atoms with van der Waals surface area (Å²) in [4.78, 5) is 21.3. The molecule has 0 aliphatic carbocycles. The first kappa shape index (κ1) is 19.3. The summed E-state index contributed by atoms with van der Waals surface area (Å²) in [5, 5.41) is 1.40. The van der Waals surface area contributed by atoms with Crippen LogP contribution in [0.15, 0.2) is 42.5 Å². The van der Waals surface area contributed by atoms with Crippen molar-refractivity contribution in [1.29, 1.82) is 0 Å². The van der Waals surface area contributed by atoms with Crippen LogP contribution in [0.3, 0.4) is 0 Å². The number of aromatic nitrogens is 1. The van der Waals surface area contributed by atoms with E-state index in [1.165, 1.54) is 16.2 Å². The Morgan fingerprint density at radius 3 is 2.86 bits per heavy atom. The summed E-state index contributed by atoms with van der Waals surface area (Å²) in [6.45, 7) is 7.00. The monoisotopic (exact) mass is 416 g/mol. The summed E-state index contributed by atoms with van der Waals surface area (Å²) in [5.74, 6) is -0.0125. The SMILES string of the molecule is Cc1cccc(C(=O)N(CC[NH+]2CCOCC2)c2nc3ccc(Cl)cc3s2)c1. The lowest BCUT2D eigenvalue weighted by molar-refractivity contribution is -0.906. The number of nitrogens with one attached hydrogen (secondary N) is 1. The molecule has 4 rings (SSSR count). The second-order valence-corrected chi connectivity index (χ2v) is 8.49. The molecule has 5 nitrogen and oxygen atoms in total. The number of hydrogen-bond acceptors (Lipinski definition) is 4. The summed E-state index contributed by atoms with van der Waals surface area (Å²) in [7, 11) is 0. The molecule has 0 bridgehead atoms. The van der Waals surface area contributed by atoms with Crippen LogP contribution in [0, 0.1) is 6.92 Å². The van der Waals surface area contributed by atoms with Gasteiger partial charge in [-0.15, -0.1) is 0 Å². The van der Waals surface area contributed by atoms with Crippen LogP contribution in [0.4, 0.5) is 5.13 Å². The molecule has 7 heteroatoms. The number of thiazole rings is 1. The lowest BCUT2D eigenvalue weighted by atomic mass is 10.1. The first-order valence-electron chi connectivity index (χ1n) is 9.46. The minimum atomic E-state index is -0.0125. The van der Waals surface area contributed by atoms with Gasteiger partial charge in [-0.05, 0) is 37.3 Å². The van der Waals surface area contributed by atoms with Crippen LogP contribution in [0.25, 0.3) is 10.2 Å². The fourth-order valence-corrected chi connectivity index (χ4v) is 4.67. The minimum absolute atomic E-state index is 0.0125. The molecule has 1 saturated heterocycles. The topological polar surface area (TPSA) is 46.9 Å². The van der Waals surface area contributed by atoms with Crippen LogP contribution in [-0.4, -0.2) is 50.3 Å². The second kappa shape index (κ2) is 8.57. The average Bonchev–Trinajstić information content (AvgIpc) is 3.11. The number of rotatable bonds is 5. The Hall–Kier alpha value is -1.99. The molecular weight excluding hydrogens is 394 g/mol.